The van der Waals surface area contributed by atoms with E-state index in [4.69, 9.17) is 14.7 Å². The fourth-order valence-electron chi connectivity index (χ4n) is 5.18. The zero-order chi connectivity index (χ0) is 21.2. The highest BCUT2D eigenvalue weighted by molar-refractivity contribution is 5.81. The zero-order valence-electron chi connectivity index (χ0n) is 18.4. The zero-order valence-corrected chi connectivity index (χ0v) is 18.4. The number of hydrogen-bond donors (Lipinski definition) is 0. The average Bonchev–Trinajstić information content (AvgIpc) is 3.35. The van der Waals surface area contributed by atoms with E-state index in [1.165, 1.54) is 11.1 Å². The summed E-state index contributed by atoms with van der Waals surface area (Å²) in [4.78, 5) is 27.1. The summed E-state index contributed by atoms with van der Waals surface area (Å²) in [5.74, 6) is 2.57. The lowest BCUT2D eigenvalue weighted by Crippen LogP contribution is -2.43. The standard InChI is InChI=1S/C25H32N4O2/c1-18-21-9-5-13-29(17-19-7-3-2-4-8-19)24(21)27-23(26-18)20-11-14-28(15-12-20)25(30)22-10-6-16-31-22/h2-4,7-8,20,22H,5-6,9-17H2,1H3. The van der Waals surface area contributed by atoms with Crippen molar-refractivity contribution in [3.8, 4) is 0 Å². The van der Waals surface area contributed by atoms with Crippen molar-refractivity contribution in [1.82, 2.24) is 14.9 Å². The Balaban J connectivity index is 1.31. The van der Waals surface area contributed by atoms with Gasteiger partial charge in [0.15, 0.2) is 0 Å². The Hall–Kier alpha value is -2.47. The van der Waals surface area contributed by atoms with E-state index in [9.17, 15) is 4.79 Å². The molecule has 1 aromatic carbocycles. The number of ether oxygens (including phenoxy) is 1. The van der Waals surface area contributed by atoms with Crippen LogP contribution in [0, 0.1) is 6.92 Å². The lowest BCUT2D eigenvalue weighted by atomic mass is 9.94. The summed E-state index contributed by atoms with van der Waals surface area (Å²) in [5, 5.41) is 0. The van der Waals surface area contributed by atoms with Crippen LogP contribution in [0.1, 0.15) is 60.7 Å². The SMILES string of the molecule is Cc1nc(C2CCN(C(=O)C3CCCO3)CC2)nc2c1CCCN2Cc1ccccc1. The first-order valence-corrected chi connectivity index (χ1v) is 11.8. The van der Waals surface area contributed by atoms with Gasteiger partial charge in [0.05, 0.1) is 0 Å². The van der Waals surface area contributed by atoms with Crippen LogP contribution in [-0.2, 0) is 22.5 Å². The monoisotopic (exact) mass is 420 g/mol. The van der Waals surface area contributed by atoms with Gasteiger partial charge in [-0.3, -0.25) is 4.79 Å². The number of aromatic nitrogens is 2. The van der Waals surface area contributed by atoms with Gasteiger partial charge in [-0.05, 0) is 51.0 Å². The van der Waals surface area contributed by atoms with Gasteiger partial charge < -0.3 is 14.5 Å². The minimum atomic E-state index is -0.217. The number of hydrogen-bond acceptors (Lipinski definition) is 5. The number of rotatable bonds is 4. The fraction of sp³-hybridized carbons (Fsp3) is 0.560. The molecule has 1 unspecified atom stereocenters. The van der Waals surface area contributed by atoms with Crippen LogP contribution in [0.3, 0.4) is 0 Å². The van der Waals surface area contributed by atoms with E-state index in [1.54, 1.807) is 0 Å². The molecule has 31 heavy (non-hydrogen) atoms. The molecule has 0 bridgehead atoms. The second kappa shape index (κ2) is 8.95. The molecular formula is C25H32N4O2. The minimum absolute atomic E-state index is 0.174. The van der Waals surface area contributed by atoms with E-state index >= 15 is 0 Å². The number of piperidine rings is 1. The van der Waals surface area contributed by atoms with Crippen molar-refractivity contribution in [3.63, 3.8) is 0 Å². The summed E-state index contributed by atoms with van der Waals surface area (Å²) in [6, 6.07) is 10.6. The molecule has 6 heteroatoms. The third kappa shape index (κ3) is 4.31. The van der Waals surface area contributed by atoms with Crippen molar-refractivity contribution in [2.75, 3.05) is 31.1 Å². The number of carbonyl (C=O) groups excluding carboxylic acids is 1. The first-order chi connectivity index (χ1) is 15.2. The van der Waals surface area contributed by atoms with Gasteiger partial charge in [-0.1, -0.05) is 30.3 Å². The van der Waals surface area contributed by atoms with Gasteiger partial charge in [0.25, 0.3) is 5.91 Å². The molecular weight excluding hydrogens is 388 g/mol. The van der Waals surface area contributed by atoms with E-state index in [0.29, 0.717) is 12.5 Å². The maximum absolute atomic E-state index is 12.7. The second-order valence-electron chi connectivity index (χ2n) is 9.08. The topological polar surface area (TPSA) is 58.6 Å². The van der Waals surface area contributed by atoms with Crippen LogP contribution in [-0.4, -0.2) is 53.1 Å². The molecule has 0 radical (unpaired) electrons. The molecule has 4 heterocycles. The normalized spacial score (nSPS) is 21.9. The third-order valence-electron chi connectivity index (χ3n) is 6.96. The summed E-state index contributed by atoms with van der Waals surface area (Å²) in [6.07, 6.45) is 5.70. The van der Waals surface area contributed by atoms with Crippen molar-refractivity contribution in [1.29, 1.82) is 0 Å². The molecule has 1 amide bonds. The van der Waals surface area contributed by atoms with Gasteiger partial charge in [0, 0.05) is 50.0 Å². The first kappa shape index (κ1) is 20.4. The Kier molecular flexibility index (Phi) is 5.90. The predicted molar refractivity (Wildman–Crippen MR) is 120 cm³/mol. The smallest absolute Gasteiger partial charge is 0.251 e. The lowest BCUT2D eigenvalue weighted by molar-refractivity contribution is -0.142. The van der Waals surface area contributed by atoms with Crippen molar-refractivity contribution in [2.24, 2.45) is 0 Å². The van der Waals surface area contributed by atoms with Crippen molar-refractivity contribution in [2.45, 2.75) is 64.0 Å². The van der Waals surface area contributed by atoms with Crippen LogP contribution in [0.4, 0.5) is 5.82 Å². The summed E-state index contributed by atoms with van der Waals surface area (Å²) < 4.78 is 5.60. The van der Waals surface area contributed by atoms with Crippen LogP contribution in [0.25, 0.3) is 0 Å². The molecule has 0 aliphatic carbocycles. The number of nitrogens with zero attached hydrogens (tertiary/aromatic N) is 4. The molecule has 164 valence electrons. The Bertz CT molecular complexity index is 919. The molecule has 3 aliphatic rings. The number of fused-ring (bicyclic) bond motifs is 1. The molecule has 1 aromatic heterocycles. The van der Waals surface area contributed by atoms with Crippen molar-refractivity contribution in [3.05, 3.63) is 53.0 Å². The van der Waals surface area contributed by atoms with Crippen LogP contribution in [0.5, 0.6) is 0 Å². The van der Waals surface area contributed by atoms with Crippen LogP contribution < -0.4 is 4.90 Å². The van der Waals surface area contributed by atoms with Gasteiger partial charge >= 0.3 is 0 Å². The van der Waals surface area contributed by atoms with Crippen molar-refractivity contribution < 1.29 is 9.53 Å². The Morgan fingerprint density at radius 2 is 1.87 bits per heavy atom. The molecule has 6 nitrogen and oxygen atoms in total. The molecule has 2 saturated heterocycles. The molecule has 0 spiro atoms. The Morgan fingerprint density at radius 3 is 2.61 bits per heavy atom. The molecule has 5 rings (SSSR count). The van der Waals surface area contributed by atoms with Gasteiger partial charge in [0.2, 0.25) is 0 Å². The second-order valence-corrected chi connectivity index (χ2v) is 9.08. The lowest BCUT2D eigenvalue weighted by Gasteiger charge is -2.34. The van der Waals surface area contributed by atoms with E-state index in [0.717, 1.165) is 82.0 Å². The molecule has 2 aromatic rings. The Labute approximate surface area is 184 Å². The fourth-order valence-corrected chi connectivity index (χ4v) is 5.18. The molecule has 1 atom stereocenters. The highest BCUT2D eigenvalue weighted by Gasteiger charge is 2.32. The molecule has 2 fully saturated rings. The van der Waals surface area contributed by atoms with Crippen LogP contribution in [0.15, 0.2) is 30.3 Å². The van der Waals surface area contributed by atoms with E-state index in [1.807, 2.05) is 4.90 Å². The van der Waals surface area contributed by atoms with Crippen molar-refractivity contribution >= 4 is 11.7 Å². The van der Waals surface area contributed by atoms with E-state index < -0.39 is 0 Å². The summed E-state index contributed by atoms with van der Waals surface area (Å²) in [6.45, 7) is 6.32. The highest BCUT2D eigenvalue weighted by atomic mass is 16.5. The predicted octanol–water partition coefficient (Wildman–Crippen LogP) is 3.62. The summed E-state index contributed by atoms with van der Waals surface area (Å²) >= 11 is 0. The number of anilines is 1. The van der Waals surface area contributed by atoms with Gasteiger partial charge in [-0.25, -0.2) is 9.97 Å². The quantitative estimate of drug-likeness (QED) is 0.756. The first-order valence-electron chi connectivity index (χ1n) is 11.8. The van der Waals surface area contributed by atoms with E-state index in [-0.39, 0.29) is 12.0 Å². The molecule has 0 saturated carbocycles. The highest BCUT2D eigenvalue weighted by Crippen LogP contribution is 2.33. The number of amides is 1. The Morgan fingerprint density at radius 1 is 1.06 bits per heavy atom. The maximum atomic E-state index is 12.7. The largest absolute Gasteiger partial charge is 0.368 e. The van der Waals surface area contributed by atoms with Gasteiger partial charge in [0.1, 0.15) is 17.7 Å². The average molecular weight is 421 g/mol. The maximum Gasteiger partial charge on any atom is 0.251 e. The summed E-state index contributed by atoms with van der Waals surface area (Å²) in [7, 11) is 0. The van der Waals surface area contributed by atoms with E-state index in [2.05, 4.69) is 42.2 Å². The van der Waals surface area contributed by atoms with Gasteiger partial charge in [-0.2, -0.15) is 0 Å². The number of likely N-dealkylation sites (tertiary alicyclic amines) is 1. The molecule has 3 aliphatic heterocycles. The number of carbonyl (C=O) groups is 1. The summed E-state index contributed by atoms with van der Waals surface area (Å²) in [5.41, 5.74) is 3.74. The number of benzene rings is 1. The van der Waals surface area contributed by atoms with Crippen LogP contribution >= 0.6 is 0 Å². The number of aryl methyl sites for hydroxylation is 1. The molecule has 0 N–H and O–H groups in total. The van der Waals surface area contributed by atoms with Crippen LogP contribution in [0.2, 0.25) is 0 Å². The third-order valence-corrected chi connectivity index (χ3v) is 6.96. The minimum Gasteiger partial charge on any atom is -0.368 e. The van der Waals surface area contributed by atoms with Gasteiger partial charge in [-0.15, -0.1) is 0 Å².